The van der Waals surface area contributed by atoms with Crippen LogP contribution in [0.2, 0.25) is 0 Å². The van der Waals surface area contributed by atoms with Crippen LogP contribution in [0.3, 0.4) is 0 Å². The molecule has 0 atom stereocenters. The van der Waals surface area contributed by atoms with Crippen LogP contribution in [0.1, 0.15) is 11.1 Å². The van der Waals surface area contributed by atoms with Crippen molar-refractivity contribution in [3.05, 3.63) is 54.0 Å². The zero-order valence-electron chi connectivity index (χ0n) is 9.68. The fourth-order valence-electron chi connectivity index (χ4n) is 1.60. The van der Waals surface area contributed by atoms with Gasteiger partial charge in [-0.3, -0.25) is 4.98 Å². The average molecular weight is 248 g/mol. The molecule has 3 nitrogen and oxygen atoms in total. The number of pyridine rings is 2. The summed E-state index contributed by atoms with van der Waals surface area (Å²) in [5.41, 5.74) is 2.29. The van der Waals surface area contributed by atoms with Crippen LogP contribution in [0.4, 0.5) is 5.82 Å². The first-order valence-electron chi connectivity index (χ1n) is 5.40. The Labute approximate surface area is 106 Å². The van der Waals surface area contributed by atoms with Crippen LogP contribution in [-0.4, -0.2) is 17.0 Å². The van der Waals surface area contributed by atoms with Crippen molar-refractivity contribution < 1.29 is 0 Å². The van der Waals surface area contributed by atoms with Gasteiger partial charge in [0.1, 0.15) is 5.82 Å². The van der Waals surface area contributed by atoms with Crippen LogP contribution in [0.15, 0.2) is 42.9 Å². The van der Waals surface area contributed by atoms with Gasteiger partial charge in [-0.15, -0.1) is 11.6 Å². The molecule has 0 N–H and O–H groups in total. The second kappa shape index (κ2) is 5.64. The summed E-state index contributed by atoms with van der Waals surface area (Å²) in [6.45, 7) is 0.807. The van der Waals surface area contributed by atoms with E-state index in [-0.39, 0.29) is 0 Å². The van der Waals surface area contributed by atoms with Crippen LogP contribution in [-0.2, 0) is 12.4 Å². The maximum Gasteiger partial charge on any atom is 0.128 e. The summed E-state index contributed by atoms with van der Waals surface area (Å²) in [6, 6.07) is 7.94. The Bertz CT molecular complexity index is 473. The van der Waals surface area contributed by atoms with Crippen molar-refractivity contribution in [3.8, 4) is 0 Å². The predicted molar refractivity (Wildman–Crippen MR) is 70.1 cm³/mol. The van der Waals surface area contributed by atoms with Gasteiger partial charge in [-0.25, -0.2) is 4.98 Å². The Hall–Kier alpha value is -1.61. The fourth-order valence-corrected chi connectivity index (χ4v) is 1.76. The van der Waals surface area contributed by atoms with Crippen molar-refractivity contribution in [2.45, 2.75) is 12.4 Å². The Morgan fingerprint density at radius 2 is 1.82 bits per heavy atom. The number of hydrogen-bond acceptors (Lipinski definition) is 3. The molecular weight excluding hydrogens is 234 g/mol. The third kappa shape index (κ3) is 3.17. The normalized spacial score (nSPS) is 10.2. The maximum absolute atomic E-state index is 5.81. The van der Waals surface area contributed by atoms with Gasteiger partial charge in [-0.1, -0.05) is 0 Å². The Kier molecular flexibility index (Phi) is 3.94. The van der Waals surface area contributed by atoms with E-state index in [1.165, 1.54) is 5.56 Å². The first-order chi connectivity index (χ1) is 8.29. The summed E-state index contributed by atoms with van der Waals surface area (Å²) >= 11 is 5.81. The largest absolute Gasteiger partial charge is 0.355 e. The van der Waals surface area contributed by atoms with Crippen LogP contribution in [0.25, 0.3) is 0 Å². The minimum Gasteiger partial charge on any atom is -0.355 e. The quantitative estimate of drug-likeness (QED) is 0.778. The number of aromatic nitrogens is 2. The van der Waals surface area contributed by atoms with Gasteiger partial charge in [0.25, 0.3) is 0 Å². The van der Waals surface area contributed by atoms with Crippen LogP contribution < -0.4 is 4.90 Å². The first-order valence-corrected chi connectivity index (χ1v) is 5.94. The van der Waals surface area contributed by atoms with E-state index in [9.17, 15) is 0 Å². The standard InChI is InChI=1S/C13H14ClN3/c1-17(10-11-2-5-15-6-3-11)13-8-12(9-14)4-7-16-13/h2-8H,9-10H2,1H3. The highest BCUT2D eigenvalue weighted by atomic mass is 35.5. The molecule has 0 radical (unpaired) electrons. The maximum atomic E-state index is 5.81. The van der Waals surface area contributed by atoms with E-state index in [0.717, 1.165) is 17.9 Å². The highest BCUT2D eigenvalue weighted by molar-refractivity contribution is 6.17. The van der Waals surface area contributed by atoms with Gasteiger partial charge in [0.05, 0.1) is 0 Å². The smallest absolute Gasteiger partial charge is 0.128 e. The molecule has 0 saturated heterocycles. The molecule has 0 amide bonds. The van der Waals surface area contributed by atoms with Crippen LogP contribution >= 0.6 is 11.6 Å². The molecule has 2 aromatic heterocycles. The number of nitrogens with zero attached hydrogens (tertiary/aromatic N) is 3. The minimum absolute atomic E-state index is 0.513. The second-order valence-electron chi connectivity index (χ2n) is 3.87. The molecule has 2 heterocycles. The van der Waals surface area contributed by atoms with E-state index in [2.05, 4.69) is 14.9 Å². The van der Waals surface area contributed by atoms with Crippen molar-refractivity contribution in [3.63, 3.8) is 0 Å². The van der Waals surface area contributed by atoms with Gasteiger partial charge in [-0.05, 0) is 35.4 Å². The lowest BCUT2D eigenvalue weighted by Gasteiger charge is -2.18. The molecule has 0 unspecified atom stereocenters. The Morgan fingerprint density at radius 3 is 2.53 bits per heavy atom. The van der Waals surface area contributed by atoms with Crippen molar-refractivity contribution >= 4 is 17.4 Å². The van der Waals surface area contributed by atoms with Crippen molar-refractivity contribution in [2.24, 2.45) is 0 Å². The zero-order valence-corrected chi connectivity index (χ0v) is 10.4. The molecule has 0 saturated carbocycles. The number of rotatable bonds is 4. The predicted octanol–water partition coefficient (Wildman–Crippen LogP) is 2.85. The molecule has 0 fully saturated rings. The zero-order chi connectivity index (χ0) is 12.1. The molecule has 4 heteroatoms. The highest BCUT2D eigenvalue weighted by Crippen LogP contribution is 2.14. The van der Waals surface area contributed by atoms with E-state index in [1.54, 1.807) is 18.6 Å². The molecule has 0 aliphatic rings. The lowest BCUT2D eigenvalue weighted by molar-refractivity contribution is 0.893. The summed E-state index contributed by atoms with van der Waals surface area (Å²) in [6.07, 6.45) is 5.38. The topological polar surface area (TPSA) is 29.0 Å². The van der Waals surface area contributed by atoms with Crippen molar-refractivity contribution in [1.82, 2.24) is 9.97 Å². The lowest BCUT2D eigenvalue weighted by atomic mass is 10.2. The molecule has 0 aliphatic carbocycles. The molecule has 17 heavy (non-hydrogen) atoms. The first kappa shape index (κ1) is 11.9. The van der Waals surface area contributed by atoms with Crippen molar-refractivity contribution in [1.29, 1.82) is 0 Å². The number of alkyl halides is 1. The minimum atomic E-state index is 0.513. The molecule has 88 valence electrons. The second-order valence-corrected chi connectivity index (χ2v) is 4.13. The summed E-state index contributed by atoms with van der Waals surface area (Å²) in [5, 5.41) is 0. The van der Waals surface area contributed by atoms with Gasteiger partial charge >= 0.3 is 0 Å². The molecule has 0 spiro atoms. The van der Waals surface area contributed by atoms with E-state index in [1.807, 2.05) is 31.3 Å². The van der Waals surface area contributed by atoms with Gasteiger partial charge in [0, 0.05) is 38.1 Å². The molecule has 2 aromatic rings. The fraction of sp³-hybridized carbons (Fsp3) is 0.231. The van der Waals surface area contributed by atoms with E-state index < -0.39 is 0 Å². The van der Waals surface area contributed by atoms with Crippen LogP contribution in [0, 0.1) is 0 Å². The summed E-state index contributed by atoms with van der Waals surface area (Å²) < 4.78 is 0. The number of hydrogen-bond donors (Lipinski definition) is 0. The van der Waals surface area contributed by atoms with Gasteiger partial charge in [0.2, 0.25) is 0 Å². The average Bonchev–Trinajstić information content (AvgIpc) is 2.40. The molecule has 0 aromatic carbocycles. The third-order valence-corrected chi connectivity index (χ3v) is 2.83. The molecule has 0 aliphatic heterocycles. The lowest BCUT2D eigenvalue weighted by Crippen LogP contribution is -2.17. The SMILES string of the molecule is CN(Cc1ccncc1)c1cc(CCl)ccn1. The van der Waals surface area contributed by atoms with Gasteiger partial charge < -0.3 is 4.90 Å². The highest BCUT2D eigenvalue weighted by Gasteiger charge is 2.04. The summed E-state index contributed by atoms with van der Waals surface area (Å²) in [7, 11) is 2.01. The van der Waals surface area contributed by atoms with Gasteiger partial charge in [-0.2, -0.15) is 0 Å². The van der Waals surface area contributed by atoms with Crippen molar-refractivity contribution in [2.75, 3.05) is 11.9 Å². The Balaban J connectivity index is 2.11. The Morgan fingerprint density at radius 1 is 1.12 bits per heavy atom. The van der Waals surface area contributed by atoms with Gasteiger partial charge in [0.15, 0.2) is 0 Å². The summed E-state index contributed by atoms with van der Waals surface area (Å²) in [5.74, 6) is 1.44. The van der Waals surface area contributed by atoms with E-state index in [4.69, 9.17) is 11.6 Å². The van der Waals surface area contributed by atoms with E-state index in [0.29, 0.717) is 5.88 Å². The monoisotopic (exact) mass is 247 g/mol. The number of halogens is 1. The van der Waals surface area contributed by atoms with Crippen LogP contribution in [0.5, 0.6) is 0 Å². The molecule has 2 rings (SSSR count). The molecular formula is C13H14ClN3. The third-order valence-electron chi connectivity index (χ3n) is 2.52. The summed E-state index contributed by atoms with van der Waals surface area (Å²) in [4.78, 5) is 10.4. The van der Waals surface area contributed by atoms with E-state index >= 15 is 0 Å². The number of anilines is 1. The molecule has 0 bridgehead atoms.